The van der Waals surface area contributed by atoms with Crippen molar-refractivity contribution in [2.45, 2.75) is 30.7 Å². The number of rotatable bonds is 8. The second kappa shape index (κ2) is 9.75. The second-order valence-corrected chi connectivity index (χ2v) is 8.31. The maximum atomic E-state index is 6.27. The number of fused-ring (bicyclic) bond motifs is 1. The molecule has 0 amide bonds. The van der Waals surface area contributed by atoms with Gasteiger partial charge in [-0.15, -0.1) is 16.8 Å². The summed E-state index contributed by atoms with van der Waals surface area (Å²) in [6.07, 6.45) is 1.81. The Kier molecular flexibility index (Phi) is 6.84. The fourth-order valence-corrected chi connectivity index (χ4v) is 4.35. The third-order valence-electron chi connectivity index (χ3n) is 4.40. The molecule has 0 saturated heterocycles. The lowest BCUT2D eigenvalue weighted by molar-refractivity contribution is -0.0168. The molecule has 30 heavy (non-hydrogen) atoms. The predicted molar refractivity (Wildman–Crippen MR) is 117 cm³/mol. The normalized spacial score (nSPS) is 12.9. The van der Waals surface area contributed by atoms with E-state index < -0.39 is 0 Å². The highest BCUT2D eigenvalue weighted by Crippen LogP contribution is 2.35. The molecule has 3 aromatic rings. The highest BCUT2D eigenvalue weighted by Gasteiger charge is 2.18. The summed E-state index contributed by atoms with van der Waals surface area (Å²) in [4.78, 5) is 0. The predicted octanol–water partition coefficient (Wildman–Crippen LogP) is 5.51. The first-order chi connectivity index (χ1) is 14.6. The lowest BCUT2D eigenvalue weighted by Crippen LogP contribution is -2.13. The molecule has 156 valence electrons. The monoisotopic (exact) mass is 463 g/mol. The van der Waals surface area contributed by atoms with E-state index in [2.05, 4.69) is 16.8 Å². The molecule has 9 heteroatoms. The Bertz CT molecular complexity index is 1040. The van der Waals surface area contributed by atoms with Crippen molar-refractivity contribution in [3.8, 4) is 11.5 Å². The van der Waals surface area contributed by atoms with Crippen LogP contribution in [0.15, 0.2) is 54.2 Å². The Morgan fingerprint density at radius 2 is 2.00 bits per heavy atom. The number of ether oxygens (including phenoxy) is 3. The van der Waals surface area contributed by atoms with Crippen LogP contribution in [0.2, 0.25) is 10.0 Å². The lowest BCUT2D eigenvalue weighted by Gasteiger charge is -2.21. The SMILES string of the molecule is C=CCn1c(COc2ccc(Cl)cc2)nnc1SCc1cc(Cl)cc2c1OCOC2. The minimum atomic E-state index is 0.241. The van der Waals surface area contributed by atoms with E-state index in [4.69, 9.17) is 37.4 Å². The summed E-state index contributed by atoms with van der Waals surface area (Å²) >= 11 is 13.7. The number of aromatic nitrogens is 3. The van der Waals surface area contributed by atoms with Gasteiger partial charge in [-0.3, -0.25) is 4.57 Å². The first-order valence-electron chi connectivity index (χ1n) is 9.20. The Morgan fingerprint density at radius 1 is 1.17 bits per heavy atom. The van der Waals surface area contributed by atoms with Crippen molar-refractivity contribution in [2.24, 2.45) is 0 Å². The third kappa shape index (κ3) is 4.92. The highest BCUT2D eigenvalue weighted by atomic mass is 35.5. The molecule has 0 aliphatic carbocycles. The molecule has 2 aromatic carbocycles. The molecule has 0 saturated carbocycles. The van der Waals surface area contributed by atoms with E-state index in [1.54, 1.807) is 30.0 Å². The Morgan fingerprint density at radius 3 is 2.80 bits per heavy atom. The molecule has 6 nitrogen and oxygen atoms in total. The number of allylic oxidation sites excluding steroid dienone is 1. The van der Waals surface area contributed by atoms with Crippen LogP contribution in [0, 0.1) is 0 Å². The van der Waals surface area contributed by atoms with Crippen LogP contribution in [-0.4, -0.2) is 21.6 Å². The van der Waals surface area contributed by atoms with Crippen molar-refractivity contribution < 1.29 is 14.2 Å². The van der Waals surface area contributed by atoms with Crippen molar-refractivity contribution in [3.05, 3.63) is 76.0 Å². The number of halogens is 2. The maximum absolute atomic E-state index is 6.27. The summed E-state index contributed by atoms with van der Waals surface area (Å²) in [5.41, 5.74) is 1.95. The van der Waals surface area contributed by atoms with Gasteiger partial charge in [-0.05, 0) is 36.4 Å². The van der Waals surface area contributed by atoms with Gasteiger partial charge in [0.15, 0.2) is 17.8 Å². The summed E-state index contributed by atoms with van der Waals surface area (Å²) in [5.74, 6) is 2.90. The van der Waals surface area contributed by atoms with Crippen LogP contribution < -0.4 is 9.47 Å². The van der Waals surface area contributed by atoms with Crippen LogP contribution in [0.1, 0.15) is 17.0 Å². The van der Waals surface area contributed by atoms with Crippen LogP contribution in [0.25, 0.3) is 0 Å². The van der Waals surface area contributed by atoms with Gasteiger partial charge in [-0.2, -0.15) is 0 Å². The topological polar surface area (TPSA) is 58.4 Å². The van der Waals surface area contributed by atoms with E-state index in [-0.39, 0.29) is 13.4 Å². The minimum Gasteiger partial charge on any atom is -0.486 e. The zero-order valence-electron chi connectivity index (χ0n) is 16.0. The van der Waals surface area contributed by atoms with Crippen LogP contribution in [-0.2, 0) is 30.2 Å². The van der Waals surface area contributed by atoms with Crippen molar-refractivity contribution in [2.75, 3.05) is 6.79 Å². The molecular weight excluding hydrogens is 445 g/mol. The van der Waals surface area contributed by atoms with Gasteiger partial charge < -0.3 is 14.2 Å². The summed E-state index contributed by atoms with van der Waals surface area (Å²) in [6, 6.07) is 11.0. The fraction of sp³-hybridized carbons (Fsp3) is 0.238. The number of hydrogen-bond donors (Lipinski definition) is 0. The Balaban J connectivity index is 1.49. The van der Waals surface area contributed by atoms with Crippen LogP contribution in [0.4, 0.5) is 0 Å². The van der Waals surface area contributed by atoms with Crippen molar-refractivity contribution in [1.82, 2.24) is 14.8 Å². The van der Waals surface area contributed by atoms with Crippen LogP contribution in [0.5, 0.6) is 11.5 Å². The molecule has 2 heterocycles. The quantitative estimate of drug-likeness (QED) is 0.324. The van der Waals surface area contributed by atoms with E-state index in [1.165, 1.54) is 0 Å². The van der Waals surface area contributed by atoms with Crippen molar-refractivity contribution in [3.63, 3.8) is 0 Å². The molecule has 4 rings (SSSR count). The average molecular weight is 464 g/mol. The number of benzene rings is 2. The molecule has 0 N–H and O–H groups in total. The van der Waals surface area contributed by atoms with Gasteiger partial charge in [0.2, 0.25) is 0 Å². The smallest absolute Gasteiger partial charge is 0.191 e. The van der Waals surface area contributed by atoms with Crippen LogP contribution >= 0.6 is 35.0 Å². The Hall–Kier alpha value is -2.19. The molecule has 0 radical (unpaired) electrons. The van der Waals surface area contributed by atoms with Gasteiger partial charge in [-0.1, -0.05) is 41.0 Å². The van der Waals surface area contributed by atoms with Gasteiger partial charge >= 0.3 is 0 Å². The van der Waals surface area contributed by atoms with E-state index in [0.717, 1.165) is 22.0 Å². The van der Waals surface area contributed by atoms with Gasteiger partial charge in [0, 0.05) is 33.5 Å². The molecule has 0 atom stereocenters. The van der Waals surface area contributed by atoms with Crippen molar-refractivity contribution >= 4 is 35.0 Å². The third-order valence-corrected chi connectivity index (χ3v) is 5.88. The second-order valence-electron chi connectivity index (χ2n) is 6.49. The van der Waals surface area contributed by atoms with Gasteiger partial charge in [0.05, 0.1) is 6.61 Å². The molecule has 0 spiro atoms. The number of thioether (sulfide) groups is 1. The van der Waals surface area contributed by atoms with Gasteiger partial charge in [-0.25, -0.2) is 0 Å². The molecule has 0 bridgehead atoms. The first-order valence-corrected chi connectivity index (χ1v) is 10.9. The minimum absolute atomic E-state index is 0.241. The molecule has 0 fully saturated rings. The fourth-order valence-electron chi connectivity index (χ4n) is 3.03. The number of hydrogen-bond acceptors (Lipinski definition) is 6. The van der Waals surface area contributed by atoms with Crippen molar-refractivity contribution in [1.29, 1.82) is 0 Å². The Labute approximate surface area is 188 Å². The lowest BCUT2D eigenvalue weighted by atomic mass is 10.1. The standard InChI is InChI=1S/C21H19Cl2N3O3S/c1-2-7-26-19(11-28-18-5-3-16(22)4-6-18)24-25-21(26)30-12-15-9-17(23)8-14-10-27-13-29-20(14)15/h2-6,8-9H,1,7,10-13H2. The summed E-state index contributed by atoms with van der Waals surface area (Å²) in [5, 5.41) is 10.7. The van der Waals surface area contributed by atoms with Gasteiger partial charge in [0.25, 0.3) is 0 Å². The summed E-state index contributed by atoms with van der Waals surface area (Å²) in [7, 11) is 0. The highest BCUT2D eigenvalue weighted by molar-refractivity contribution is 7.98. The molecule has 0 unspecified atom stereocenters. The first kappa shape index (κ1) is 21.1. The largest absolute Gasteiger partial charge is 0.486 e. The average Bonchev–Trinajstić information content (AvgIpc) is 3.13. The maximum Gasteiger partial charge on any atom is 0.191 e. The molecular formula is C21H19Cl2N3O3S. The van der Waals surface area contributed by atoms with E-state index in [0.29, 0.717) is 40.5 Å². The zero-order chi connectivity index (χ0) is 20.9. The molecule has 1 aliphatic heterocycles. The summed E-state index contributed by atoms with van der Waals surface area (Å²) < 4.78 is 18.8. The van der Waals surface area contributed by atoms with E-state index in [1.807, 2.05) is 28.8 Å². The van der Waals surface area contributed by atoms with Crippen LogP contribution in [0.3, 0.4) is 0 Å². The van der Waals surface area contributed by atoms with E-state index >= 15 is 0 Å². The zero-order valence-corrected chi connectivity index (χ0v) is 18.3. The summed E-state index contributed by atoms with van der Waals surface area (Å²) in [6.45, 7) is 5.44. The molecule has 1 aromatic heterocycles. The van der Waals surface area contributed by atoms with E-state index in [9.17, 15) is 0 Å². The number of nitrogens with zero attached hydrogens (tertiary/aromatic N) is 3. The van der Waals surface area contributed by atoms with Gasteiger partial charge in [0.1, 0.15) is 18.1 Å². The molecule has 1 aliphatic rings.